The molecule has 4 aromatic carbocycles. The number of esters is 2. The number of sulfonamides is 1. The number of rotatable bonds is 29. The van der Waals surface area contributed by atoms with Crippen molar-refractivity contribution in [1.82, 2.24) is 18.2 Å². The van der Waals surface area contributed by atoms with E-state index >= 15 is 0 Å². The number of ether oxygens (including phenoxy) is 4. The van der Waals surface area contributed by atoms with Crippen LogP contribution in [-0.4, -0.2) is 151 Å². The first-order chi connectivity index (χ1) is 33.0. The third-order valence-electron chi connectivity index (χ3n) is 10.1. The van der Waals surface area contributed by atoms with Gasteiger partial charge in [0.25, 0.3) is 15.1 Å². The Bertz CT molecular complexity index is 2690. The highest BCUT2D eigenvalue weighted by molar-refractivity contribution is 7.93. The van der Waals surface area contributed by atoms with Gasteiger partial charge in [-0.05, 0) is 83.9 Å². The van der Waals surface area contributed by atoms with E-state index in [0.29, 0.717) is 20.0 Å². The van der Waals surface area contributed by atoms with Crippen LogP contribution in [0.5, 0.6) is 11.5 Å². The molecule has 0 saturated heterocycles. The van der Waals surface area contributed by atoms with Gasteiger partial charge in [0.2, 0.25) is 10.0 Å². The summed E-state index contributed by atoms with van der Waals surface area (Å²) in [5.74, 6) is -8.48. The third-order valence-corrected chi connectivity index (χ3v) is 14.6. The lowest BCUT2D eigenvalue weighted by atomic mass is 10.2. The Kier molecular flexibility index (Phi) is 19.8. The number of carboxylic acid groups (broad SMARTS) is 4. The molecule has 1 unspecified atom stereocenters. The molecular weight excluding hydrogens is 965 g/mol. The molecule has 0 bridgehead atoms. The molecule has 0 fully saturated rings. The smallest absolute Gasteiger partial charge is 0.343 e. The minimum absolute atomic E-state index is 0.0179. The lowest BCUT2D eigenvalue weighted by Crippen LogP contribution is -2.67. The first-order valence-electron chi connectivity index (χ1n) is 20.8. The maximum atomic E-state index is 14.7. The predicted octanol–water partition coefficient (Wildman–Crippen LogP) is 1.54. The number of carbonyl (C=O) groups excluding carboxylic acids is 2. The summed E-state index contributed by atoms with van der Waals surface area (Å²) in [6, 6.07) is 21.1. The quantitative estimate of drug-likeness (QED) is 0.0175. The normalized spacial score (nSPS) is 13.1. The molecule has 378 valence electrons. The SMILES string of the molecule is CN(Cc1ccc(OC(=O)c2ccc(N)cc2)cc1)S(=O)(=O)N(CCOCCOCCNC(CC(=O)O)C(=O)O)[C@](CC(=O)O)(C(=O)O)S(=O)(=O)N(C)Cc1ccc(OC(=O)c2ccc(N)cc2)cc1. The largest absolute Gasteiger partial charge is 0.481 e. The molecule has 24 nitrogen and oxygen atoms in total. The van der Waals surface area contributed by atoms with E-state index in [2.05, 4.69) is 5.32 Å². The standard InChI is InChI=1S/C44H52N6O18S2/c1-48(27-29-3-15-35(16-4-29)67-41(57)31-7-11-33(45)12-8-31)69(61,62)44(43(59)60,26-39(53)54)50(20-22-66-24-23-65-21-19-47-37(40(55)56)25-38(51)52)70(63,64)49(2)28-30-5-17-36(18-6-30)68-42(58)32-9-13-34(46)14-10-32/h3-18,37,47H,19-28,45-46H2,1-2H3,(H,51,52)(H,53,54)(H,55,56)(H,59,60)/t37?,44-/m0/s1. The monoisotopic (exact) mass is 1020 g/mol. The molecule has 0 heterocycles. The highest BCUT2D eigenvalue weighted by Crippen LogP contribution is 2.35. The van der Waals surface area contributed by atoms with Crippen molar-refractivity contribution in [2.75, 3.05) is 65.1 Å². The van der Waals surface area contributed by atoms with E-state index in [-0.39, 0.29) is 64.4 Å². The lowest BCUT2D eigenvalue weighted by molar-refractivity contribution is -0.150. The zero-order valence-electron chi connectivity index (χ0n) is 37.7. The van der Waals surface area contributed by atoms with Gasteiger partial charge in [0, 0.05) is 51.6 Å². The fraction of sp³-hybridized carbons (Fsp3) is 0.318. The minimum Gasteiger partial charge on any atom is -0.481 e. The number of hydrogen-bond acceptors (Lipinski definition) is 17. The lowest BCUT2D eigenvalue weighted by Gasteiger charge is -2.41. The Labute approximate surface area is 402 Å². The molecule has 0 spiro atoms. The molecule has 70 heavy (non-hydrogen) atoms. The summed E-state index contributed by atoms with van der Waals surface area (Å²) in [7, 11) is -8.98. The molecule has 26 heteroatoms. The van der Waals surface area contributed by atoms with Crippen molar-refractivity contribution in [2.45, 2.75) is 36.8 Å². The Morgan fingerprint density at radius 3 is 1.47 bits per heavy atom. The van der Waals surface area contributed by atoms with E-state index in [0.717, 1.165) is 14.1 Å². The van der Waals surface area contributed by atoms with Gasteiger partial charge in [0.15, 0.2) is 0 Å². The van der Waals surface area contributed by atoms with Crippen molar-refractivity contribution in [3.8, 4) is 11.5 Å². The molecule has 0 radical (unpaired) electrons. The van der Waals surface area contributed by atoms with Gasteiger partial charge in [0.05, 0.1) is 50.4 Å². The molecule has 0 amide bonds. The molecule has 2 atom stereocenters. The van der Waals surface area contributed by atoms with Gasteiger partial charge in [-0.3, -0.25) is 14.4 Å². The van der Waals surface area contributed by atoms with Gasteiger partial charge < -0.3 is 56.2 Å². The summed E-state index contributed by atoms with van der Waals surface area (Å²) < 4.78 is 81.4. The van der Waals surface area contributed by atoms with Crippen LogP contribution in [0.2, 0.25) is 0 Å². The number of nitrogens with one attached hydrogen (secondary N) is 1. The van der Waals surface area contributed by atoms with E-state index in [1.807, 2.05) is 0 Å². The van der Waals surface area contributed by atoms with Crippen molar-refractivity contribution in [3.63, 3.8) is 0 Å². The number of nitrogens with zero attached hydrogens (tertiary/aromatic N) is 3. The number of aliphatic carboxylic acids is 4. The molecule has 9 N–H and O–H groups in total. The number of benzene rings is 4. The van der Waals surface area contributed by atoms with E-state index in [1.54, 1.807) is 0 Å². The van der Waals surface area contributed by atoms with Gasteiger partial charge in [-0.15, -0.1) is 0 Å². The summed E-state index contributed by atoms with van der Waals surface area (Å²) >= 11 is 0. The molecule has 0 aromatic heterocycles. The van der Waals surface area contributed by atoms with Gasteiger partial charge >= 0.3 is 35.8 Å². The van der Waals surface area contributed by atoms with Crippen molar-refractivity contribution in [3.05, 3.63) is 119 Å². The fourth-order valence-corrected chi connectivity index (χ4v) is 10.2. The van der Waals surface area contributed by atoms with Crippen LogP contribution < -0.4 is 26.3 Å². The first-order valence-corrected chi connectivity index (χ1v) is 23.6. The van der Waals surface area contributed by atoms with Crippen LogP contribution >= 0.6 is 0 Å². The topological polar surface area (TPSA) is 362 Å². The second kappa shape index (κ2) is 25.0. The Balaban J connectivity index is 1.59. The highest BCUT2D eigenvalue weighted by Gasteiger charge is 2.63. The first kappa shape index (κ1) is 55.6. The summed E-state index contributed by atoms with van der Waals surface area (Å²) in [5, 5.41) is 41.6. The van der Waals surface area contributed by atoms with Crippen LogP contribution in [0.25, 0.3) is 0 Å². The number of nitrogens with two attached hydrogens (primary N) is 2. The number of nitrogen functional groups attached to an aromatic ring is 2. The summed E-state index contributed by atoms with van der Waals surface area (Å²) in [6.45, 7) is -3.69. The average molecular weight is 1020 g/mol. The summed E-state index contributed by atoms with van der Waals surface area (Å²) in [6.07, 6.45) is -2.50. The molecular formula is C44H52N6O18S2. The van der Waals surface area contributed by atoms with Gasteiger partial charge in [-0.25, -0.2) is 22.8 Å². The van der Waals surface area contributed by atoms with Crippen LogP contribution in [0.4, 0.5) is 11.4 Å². The zero-order valence-corrected chi connectivity index (χ0v) is 39.3. The molecule has 4 aromatic rings. The van der Waals surface area contributed by atoms with Crippen molar-refractivity contribution in [2.24, 2.45) is 0 Å². The van der Waals surface area contributed by atoms with Crippen molar-refractivity contribution in [1.29, 1.82) is 0 Å². The van der Waals surface area contributed by atoms with Crippen LogP contribution in [0.1, 0.15) is 44.7 Å². The van der Waals surface area contributed by atoms with Crippen LogP contribution in [0.3, 0.4) is 0 Å². The number of carbonyl (C=O) groups is 6. The van der Waals surface area contributed by atoms with Crippen LogP contribution in [-0.2, 0) is 62.0 Å². The van der Waals surface area contributed by atoms with Gasteiger partial charge in [0.1, 0.15) is 17.5 Å². The van der Waals surface area contributed by atoms with Crippen LogP contribution in [0.15, 0.2) is 97.1 Å². The minimum atomic E-state index is -5.58. The molecule has 0 aliphatic carbocycles. The zero-order chi connectivity index (χ0) is 51.8. The molecule has 0 saturated carbocycles. The van der Waals surface area contributed by atoms with Crippen molar-refractivity contribution >= 4 is 67.4 Å². The van der Waals surface area contributed by atoms with E-state index < -0.39 is 106 Å². The summed E-state index contributed by atoms with van der Waals surface area (Å²) in [5.41, 5.74) is 13.0. The maximum absolute atomic E-state index is 14.7. The van der Waals surface area contributed by atoms with E-state index in [1.165, 1.54) is 97.1 Å². The average Bonchev–Trinajstić information content (AvgIpc) is 3.29. The van der Waals surface area contributed by atoms with Gasteiger partial charge in [-0.2, -0.15) is 21.3 Å². The number of anilines is 2. The maximum Gasteiger partial charge on any atom is 0.343 e. The second-order valence-corrected chi connectivity index (χ2v) is 19.4. The fourth-order valence-electron chi connectivity index (χ4n) is 6.49. The highest BCUT2D eigenvalue weighted by atomic mass is 32.2. The Morgan fingerprint density at radius 1 is 0.614 bits per heavy atom. The molecule has 0 aliphatic heterocycles. The van der Waals surface area contributed by atoms with E-state index in [4.69, 9.17) is 35.5 Å². The Hall–Kier alpha value is -7.04. The molecule has 0 aliphatic rings. The number of hydrogen-bond donors (Lipinski definition) is 7. The number of carboxylic acids is 4. The Morgan fingerprint density at radius 2 is 1.06 bits per heavy atom. The summed E-state index contributed by atoms with van der Waals surface area (Å²) in [4.78, 5) is 69.8. The van der Waals surface area contributed by atoms with Crippen molar-refractivity contribution < 1.29 is 85.0 Å². The van der Waals surface area contributed by atoms with E-state index in [9.17, 15) is 60.9 Å². The van der Waals surface area contributed by atoms with Gasteiger partial charge in [-0.1, -0.05) is 24.3 Å². The van der Waals surface area contributed by atoms with Crippen LogP contribution in [0, 0.1) is 0 Å². The second-order valence-electron chi connectivity index (χ2n) is 15.2. The molecule has 4 rings (SSSR count). The predicted molar refractivity (Wildman–Crippen MR) is 248 cm³/mol. The third kappa shape index (κ3) is 15.0.